The lowest BCUT2D eigenvalue weighted by Gasteiger charge is -2.17. The van der Waals surface area contributed by atoms with E-state index >= 15 is 0 Å². The van der Waals surface area contributed by atoms with Crippen molar-refractivity contribution >= 4 is 11.8 Å². The molecule has 2 N–H and O–H groups in total. The van der Waals surface area contributed by atoms with E-state index < -0.39 is 12.0 Å². The van der Waals surface area contributed by atoms with Gasteiger partial charge in [0, 0.05) is 12.5 Å². The highest BCUT2D eigenvalue weighted by Crippen LogP contribution is 2.19. The second-order valence-corrected chi connectivity index (χ2v) is 4.44. The standard InChI is InChI=1S/C15H17N3O3/c1-3-11-16-12(9-13(19)17-11)18-14(15(20)21-2)10-7-5-4-6-8-10/h4-9,14H,3H2,1-2H3,(H2,16,17,18,19). The van der Waals surface area contributed by atoms with Crippen molar-refractivity contribution in [2.45, 2.75) is 19.4 Å². The van der Waals surface area contributed by atoms with Crippen LogP contribution in [-0.2, 0) is 16.0 Å². The molecule has 0 saturated heterocycles. The van der Waals surface area contributed by atoms with Crippen molar-refractivity contribution in [1.82, 2.24) is 9.97 Å². The lowest BCUT2D eigenvalue weighted by atomic mass is 10.1. The van der Waals surface area contributed by atoms with Gasteiger partial charge in [-0.05, 0) is 5.56 Å². The minimum atomic E-state index is -0.713. The van der Waals surface area contributed by atoms with Crippen LogP contribution in [0.2, 0.25) is 0 Å². The first-order valence-electron chi connectivity index (χ1n) is 6.63. The van der Waals surface area contributed by atoms with Crippen molar-refractivity contribution in [3.05, 3.63) is 58.1 Å². The van der Waals surface area contributed by atoms with Crippen LogP contribution in [0, 0.1) is 0 Å². The van der Waals surface area contributed by atoms with E-state index in [1.165, 1.54) is 13.2 Å². The molecule has 0 saturated carbocycles. The molecule has 2 rings (SSSR count). The van der Waals surface area contributed by atoms with Gasteiger partial charge in [-0.3, -0.25) is 4.79 Å². The lowest BCUT2D eigenvalue weighted by Crippen LogP contribution is -2.24. The summed E-state index contributed by atoms with van der Waals surface area (Å²) < 4.78 is 4.81. The number of hydrogen-bond donors (Lipinski definition) is 2. The van der Waals surface area contributed by atoms with Crippen LogP contribution in [0.15, 0.2) is 41.2 Å². The van der Waals surface area contributed by atoms with Crippen LogP contribution in [0.1, 0.15) is 24.4 Å². The maximum absolute atomic E-state index is 12.0. The molecule has 110 valence electrons. The number of aryl methyl sites for hydroxylation is 1. The molecule has 1 aromatic carbocycles. The second kappa shape index (κ2) is 6.69. The van der Waals surface area contributed by atoms with Gasteiger partial charge >= 0.3 is 5.97 Å². The molecular weight excluding hydrogens is 270 g/mol. The number of carbonyl (C=O) groups excluding carboxylic acids is 1. The summed E-state index contributed by atoms with van der Waals surface area (Å²) in [6, 6.07) is 9.74. The summed E-state index contributed by atoms with van der Waals surface area (Å²) in [7, 11) is 1.32. The number of rotatable bonds is 5. The van der Waals surface area contributed by atoms with E-state index in [0.29, 0.717) is 18.1 Å². The Hall–Kier alpha value is -2.63. The number of aromatic nitrogens is 2. The molecule has 1 unspecified atom stereocenters. The van der Waals surface area contributed by atoms with Crippen molar-refractivity contribution in [3.8, 4) is 0 Å². The molecule has 0 amide bonds. The highest BCUT2D eigenvalue weighted by atomic mass is 16.5. The number of H-pyrrole nitrogens is 1. The van der Waals surface area contributed by atoms with Crippen molar-refractivity contribution in [2.75, 3.05) is 12.4 Å². The van der Waals surface area contributed by atoms with Crippen LogP contribution in [0.5, 0.6) is 0 Å². The van der Waals surface area contributed by atoms with E-state index in [-0.39, 0.29) is 5.56 Å². The van der Waals surface area contributed by atoms with Crippen molar-refractivity contribution in [3.63, 3.8) is 0 Å². The zero-order valence-corrected chi connectivity index (χ0v) is 11.9. The van der Waals surface area contributed by atoms with E-state index in [0.717, 1.165) is 5.56 Å². The molecule has 0 aliphatic rings. The second-order valence-electron chi connectivity index (χ2n) is 4.44. The van der Waals surface area contributed by atoms with Crippen LogP contribution in [0.25, 0.3) is 0 Å². The number of nitrogens with one attached hydrogen (secondary N) is 2. The van der Waals surface area contributed by atoms with Crippen LogP contribution < -0.4 is 10.9 Å². The molecule has 0 aliphatic heterocycles. The largest absolute Gasteiger partial charge is 0.467 e. The molecule has 6 heteroatoms. The fraction of sp³-hybridized carbons (Fsp3) is 0.267. The maximum Gasteiger partial charge on any atom is 0.333 e. The molecule has 0 radical (unpaired) electrons. The Bertz CT molecular complexity index is 667. The molecular formula is C15H17N3O3. The van der Waals surface area contributed by atoms with Gasteiger partial charge in [-0.15, -0.1) is 0 Å². The fourth-order valence-corrected chi connectivity index (χ4v) is 1.94. The van der Waals surface area contributed by atoms with E-state index in [1.807, 2.05) is 37.3 Å². The summed E-state index contributed by atoms with van der Waals surface area (Å²) in [5.41, 5.74) is 0.477. The van der Waals surface area contributed by atoms with Gasteiger partial charge in [0.25, 0.3) is 5.56 Å². The van der Waals surface area contributed by atoms with Gasteiger partial charge in [-0.1, -0.05) is 37.3 Å². The minimum Gasteiger partial charge on any atom is -0.467 e. The molecule has 1 aromatic heterocycles. The predicted octanol–water partition coefficient (Wildman–Crippen LogP) is 1.66. The highest BCUT2D eigenvalue weighted by molar-refractivity contribution is 5.80. The summed E-state index contributed by atoms with van der Waals surface area (Å²) in [6.45, 7) is 1.89. The topological polar surface area (TPSA) is 84.1 Å². The number of methoxy groups -OCH3 is 1. The number of esters is 1. The van der Waals surface area contributed by atoms with E-state index in [1.54, 1.807) is 0 Å². The molecule has 2 aromatic rings. The van der Waals surface area contributed by atoms with E-state index in [4.69, 9.17) is 4.74 Å². The Labute approximate surface area is 122 Å². The van der Waals surface area contributed by atoms with Gasteiger partial charge in [0.1, 0.15) is 11.6 Å². The Morgan fingerprint density at radius 2 is 2.10 bits per heavy atom. The average Bonchev–Trinajstić information content (AvgIpc) is 2.52. The third kappa shape index (κ3) is 3.68. The number of nitrogens with zero attached hydrogens (tertiary/aromatic N) is 1. The third-order valence-electron chi connectivity index (χ3n) is 2.99. The molecule has 6 nitrogen and oxygen atoms in total. The fourth-order valence-electron chi connectivity index (χ4n) is 1.94. The molecule has 21 heavy (non-hydrogen) atoms. The summed E-state index contributed by atoms with van der Waals surface area (Å²) >= 11 is 0. The minimum absolute atomic E-state index is 0.263. The summed E-state index contributed by atoms with van der Waals surface area (Å²) in [5.74, 6) is 0.456. The quantitative estimate of drug-likeness (QED) is 0.817. The van der Waals surface area contributed by atoms with Gasteiger partial charge in [-0.2, -0.15) is 0 Å². The first-order chi connectivity index (χ1) is 10.1. The Morgan fingerprint density at radius 3 is 2.71 bits per heavy atom. The first kappa shape index (κ1) is 14.8. The number of benzene rings is 1. The molecule has 0 spiro atoms. The SMILES string of the molecule is CCc1nc(NC(C(=O)OC)c2ccccc2)cc(=O)[nH]1. The first-order valence-corrected chi connectivity index (χ1v) is 6.63. The normalized spacial score (nSPS) is 11.7. The van der Waals surface area contributed by atoms with Crippen molar-refractivity contribution in [1.29, 1.82) is 0 Å². The molecule has 0 fully saturated rings. The summed E-state index contributed by atoms with van der Waals surface area (Å²) in [6.07, 6.45) is 0.596. The summed E-state index contributed by atoms with van der Waals surface area (Å²) in [5, 5.41) is 2.96. The molecule has 0 bridgehead atoms. The number of aromatic amines is 1. The van der Waals surface area contributed by atoms with E-state index in [9.17, 15) is 9.59 Å². The van der Waals surface area contributed by atoms with Gasteiger partial charge < -0.3 is 15.0 Å². The Balaban J connectivity index is 2.34. The van der Waals surface area contributed by atoms with Crippen LogP contribution in [0.4, 0.5) is 5.82 Å². The zero-order chi connectivity index (χ0) is 15.2. The smallest absolute Gasteiger partial charge is 0.333 e. The molecule has 1 heterocycles. The van der Waals surface area contributed by atoms with Crippen LogP contribution >= 0.6 is 0 Å². The Morgan fingerprint density at radius 1 is 1.38 bits per heavy atom. The molecule has 0 aliphatic carbocycles. The lowest BCUT2D eigenvalue weighted by molar-refractivity contribution is -0.141. The van der Waals surface area contributed by atoms with Gasteiger partial charge in [-0.25, -0.2) is 9.78 Å². The number of ether oxygens (including phenoxy) is 1. The maximum atomic E-state index is 12.0. The average molecular weight is 287 g/mol. The zero-order valence-electron chi connectivity index (χ0n) is 11.9. The highest BCUT2D eigenvalue weighted by Gasteiger charge is 2.21. The number of hydrogen-bond acceptors (Lipinski definition) is 5. The number of anilines is 1. The predicted molar refractivity (Wildman–Crippen MR) is 79.1 cm³/mol. The van der Waals surface area contributed by atoms with Gasteiger partial charge in [0.15, 0.2) is 6.04 Å². The Kier molecular flexibility index (Phi) is 4.71. The third-order valence-corrected chi connectivity index (χ3v) is 2.99. The van der Waals surface area contributed by atoms with Gasteiger partial charge in [0.2, 0.25) is 0 Å². The van der Waals surface area contributed by atoms with E-state index in [2.05, 4.69) is 15.3 Å². The van der Waals surface area contributed by atoms with Gasteiger partial charge in [0.05, 0.1) is 7.11 Å². The molecule has 1 atom stereocenters. The summed E-state index contributed by atoms with van der Waals surface area (Å²) in [4.78, 5) is 30.4. The van der Waals surface area contributed by atoms with Crippen molar-refractivity contribution < 1.29 is 9.53 Å². The number of carbonyl (C=O) groups is 1. The van der Waals surface area contributed by atoms with Crippen molar-refractivity contribution in [2.24, 2.45) is 0 Å². The van der Waals surface area contributed by atoms with Crippen LogP contribution in [0.3, 0.4) is 0 Å². The van der Waals surface area contributed by atoms with Crippen LogP contribution in [-0.4, -0.2) is 23.0 Å². The monoisotopic (exact) mass is 287 g/mol.